The average Bonchev–Trinajstić information content (AvgIpc) is 2.11. The molecule has 68 valence electrons. The zero-order valence-corrected chi connectivity index (χ0v) is 7.99. The van der Waals surface area contributed by atoms with Crippen LogP contribution in [0.15, 0.2) is 0 Å². The summed E-state index contributed by atoms with van der Waals surface area (Å²) < 4.78 is 21.5. The molecule has 1 aliphatic heterocycles. The van der Waals surface area contributed by atoms with Crippen molar-refractivity contribution in [3.8, 4) is 0 Å². The Morgan fingerprint density at radius 1 is 1.55 bits per heavy atom. The Bertz CT molecular complexity index is 217. The number of likely N-dealkylation sites (tertiary alicyclic amines) is 1. The molecule has 0 spiro atoms. The van der Waals surface area contributed by atoms with Crippen molar-refractivity contribution in [3.05, 3.63) is 0 Å². The van der Waals surface area contributed by atoms with Crippen LogP contribution in [0.2, 0.25) is 0 Å². The van der Waals surface area contributed by atoms with Gasteiger partial charge >= 0.3 is 0 Å². The normalized spacial score (nSPS) is 26.5. The lowest BCUT2D eigenvalue weighted by atomic mass is 10.4. The molecule has 1 fully saturated rings. The summed E-state index contributed by atoms with van der Waals surface area (Å²) >= 11 is 0. The van der Waals surface area contributed by atoms with Crippen molar-refractivity contribution in [3.63, 3.8) is 0 Å². The number of nitrogens with zero attached hydrogens (tertiary/aromatic N) is 1. The van der Waals surface area contributed by atoms with E-state index in [9.17, 15) is 8.42 Å². The van der Waals surface area contributed by atoms with Gasteiger partial charge in [-0.3, -0.25) is 0 Å². The first kappa shape index (κ1) is 11.2. The first-order valence-electron chi connectivity index (χ1n) is 3.20. The molecule has 0 saturated carbocycles. The molecular weight excluding hydrogens is 188 g/mol. The summed E-state index contributed by atoms with van der Waals surface area (Å²) in [5.41, 5.74) is 0. The molecule has 0 bridgehead atoms. The Balaban J connectivity index is 0.000001000. The predicted octanol–water partition coefficient (Wildman–Crippen LogP) is -0.599. The number of hydrogen-bond acceptors (Lipinski definition) is 3. The molecule has 1 unspecified atom stereocenters. The lowest BCUT2D eigenvalue weighted by molar-refractivity contribution is 0.417. The van der Waals surface area contributed by atoms with Gasteiger partial charge in [0.05, 0.1) is 5.25 Å². The number of hydrogen-bond donors (Lipinski definition) is 1. The molecule has 0 aromatic carbocycles. The van der Waals surface area contributed by atoms with Gasteiger partial charge in [0, 0.05) is 6.54 Å². The highest BCUT2D eigenvalue weighted by Crippen LogP contribution is 2.11. The fourth-order valence-electron chi connectivity index (χ4n) is 1.16. The highest BCUT2D eigenvalue weighted by molar-refractivity contribution is 7.89. The van der Waals surface area contributed by atoms with Gasteiger partial charge in [-0.1, -0.05) is 0 Å². The van der Waals surface area contributed by atoms with Crippen LogP contribution in [0, 0.1) is 0 Å². The summed E-state index contributed by atoms with van der Waals surface area (Å²) in [6.45, 7) is 1.42. The summed E-state index contributed by atoms with van der Waals surface area (Å²) in [6, 6.07) is 0. The van der Waals surface area contributed by atoms with Gasteiger partial charge in [-0.25, -0.2) is 13.6 Å². The Morgan fingerprint density at radius 2 is 2.09 bits per heavy atom. The van der Waals surface area contributed by atoms with Crippen LogP contribution in [0.5, 0.6) is 0 Å². The lowest BCUT2D eigenvalue weighted by Crippen LogP contribution is -2.30. The van der Waals surface area contributed by atoms with Crippen molar-refractivity contribution >= 4 is 22.4 Å². The molecule has 1 aliphatic rings. The minimum Gasteiger partial charge on any atom is -0.305 e. The van der Waals surface area contributed by atoms with Crippen LogP contribution < -0.4 is 5.14 Å². The summed E-state index contributed by atoms with van der Waals surface area (Å²) in [5, 5.41) is 4.61. The topological polar surface area (TPSA) is 63.4 Å². The maximum absolute atomic E-state index is 10.7. The number of primary sulfonamides is 1. The van der Waals surface area contributed by atoms with Crippen LogP contribution in [-0.2, 0) is 10.0 Å². The van der Waals surface area contributed by atoms with E-state index in [-0.39, 0.29) is 17.7 Å². The monoisotopic (exact) mass is 200 g/mol. The zero-order valence-electron chi connectivity index (χ0n) is 6.36. The molecule has 6 heteroatoms. The van der Waals surface area contributed by atoms with Crippen LogP contribution in [0.4, 0.5) is 0 Å². The van der Waals surface area contributed by atoms with Gasteiger partial charge in [0.25, 0.3) is 0 Å². The van der Waals surface area contributed by atoms with Gasteiger partial charge in [-0.15, -0.1) is 12.4 Å². The van der Waals surface area contributed by atoms with E-state index in [1.54, 1.807) is 0 Å². The van der Waals surface area contributed by atoms with Gasteiger partial charge < -0.3 is 4.90 Å². The SMILES string of the molecule is CN1CCC(S(N)(=O)=O)C1.Cl. The van der Waals surface area contributed by atoms with E-state index in [1.165, 1.54) is 0 Å². The molecule has 1 rings (SSSR count). The molecule has 1 saturated heterocycles. The van der Waals surface area contributed by atoms with Gasteiger partial charge in [0.1, 0.15) is 0 Å². The molecular formula is C5H13ClN2O2S. The van der Waals surface area contributed by atoms with Gasteiger partial charge in [-0.05, 0) is 20.0 Å². The zero-order chi connectivity index (χ0) is 7.78. The number of sulfonamides is 1. The molecule has 0 aromatic heterocycles. The van der Waals surface area contributed by atoms with Crippen molar-refractivity contribution in [1.82, 2.24) is 4.90 Å². The van der Waals surface area contributed by atoms with Crippen molar-refractivity contribution < 1.29 is 8.42 Å². The molecule has 2 N–H and O–H groups in total. The quantitative estimate of drug-likeness (QED) is 0.615. The molecule has 0 aromatic rings. The molecule has 1 atom stereocenters. The Kier molecular flexibility index (Phi) is 3.76. The Labute approximate surface area is 73.2 Å². The van der Waals surface area contributed by atoms with E-state index >= 15 is 0 Å². The Morgan fingerprint density at radius 3 is 2.27 bits per heavy atom. The molecule has 4 nitrogen and oxygen atoms in total. The van der Waals surface area contributed by atoms with Gasteiger partial charge in [-0.2, -0.15) is 0 Å². The van der Waals surface area contributed by atoms with Crippen LogP contribution in [0.1, 0.15) is 6.42 Å². The average molecular weight is 201 g/mol. The molecule has 0 radical (unpaired) electrons. The highest BCUT2D eigenvalue weighted by atomic mass is 35.5. The molecule has 1 heterocycles. The third-order valence-electron chi connectivity index (χ3n) is 1.81. The van der Waals surface area contributed by atoms with E-state index in [0.29, 0.717) is 13.0 Å². The lowest BCUT2D eigenvalue weighted by Gasteiger charge is -2.06. The van der Waals surface area contributed by atoms with E-state index < -0.39 is 10.0 Å². The third kappa shape index (κ3) is 2.94. The number of halogens is 1. The predicted molar refractivity (Wildman–Crippen MR) is 46.3 cm³/mol. The van der Waals surface area contributed by atoms with E-state index in [4.69, 9.17) is 5.14 Å². The molecule has 0 aliphatic carbocycles. The van der Waals surface area contributed by atoms with Crippen molar-refractivity contribution in [2.24, 2.45) is 5.14 Å². The smallest absolute Gasteiger partial charge is 0.213 e. The minimum atomic E-state index is -3.28. The van der Waals surface area contributed by atoms with E-state index in [1.807, 2.05) is 11.9 Å². The Hall–Kier alpha value is 0.160. The largest absolute Gasteiger partial charge is 0.305 e. The minimum absolute atomic E-state index is 0. The number of nitrogens with two attached hydrogens (primary N) is 1. The van der Waals surface area contributed by atoms with Crippen molar-refractivity contribution in [2.75, 3.05) is 20.1 Å². The second-order valence-electron chi connectivity index (χ2n) is 2.76. The third-order valence-corrected chi connectivity index (χ3v) is 3.13. The van der Waals surface area contributed by atoms with Crippen LogP contribution in [-0.4, -0.2) is 38.7 Å². The first-order chi connectivity index (χ1) is 4.50. The van der Waals surface area contributed by atoms with Crippen LogP contribution in [0.3, 0.4) is 0 Å². The summed E-state index contributed by atoms with van der Waals surface area (Å²) in [7, 11) is -1.38. The summed E-state index contributed by atoms with van der Waals surface area (Å²) in [6.07, 6.45) is 0.676. The van der Waals surface area contributed by atoms with Crippen LogP contribution in [0.25, 0.3) is 0 Å². The molecule has 11 heavy (non-hydrogen) atoms. The highest BCUT2D eigenvalue weighted by Gasteiger charge is 2.28. The standard InChI is InChI=1S/C5H12N2O2S.ClH/c1-7-3-2-5(4-7)10(6,8)9;/h5H,2-4H2,1H3,(H2,6,8,9);1H. The fraction of sp³-hybridized carbons (Fsp3) is 1.00. The summed E-state index contributed by atoms with van der Waals surface area (Å²) in [5.74, 6) is 0. The summed E-state index contributed by atoms with van der Waals surface area (Å²) in [4.78, 5) is 1.97. The second kappa shape index (κ2) is 3.71. The van der Waals surface area contributed by atoms with Gasteiger partial charge in [0.15, 0.2) is 0 Å². The van der Waals surface area contributed by atoms with E-state index in [0.717, 1.165) is 6.54 Å². The van der Waals surface area contributed by atoms with Crippen molar-refractivity contribution in [1.29, 1.82) is 0 Å². The molecule has 0 amide bonds. The van der Waals surface area contributed by atoms with Crippen LogP contribution >= 0.6 is 12.4 Å². The number of rotatable bonds is 1. The van der Waals surface area contributed by atoms with Crippen molar-refractivity contribution in [2.45, 2.75) is 11.7 Å². The van der Waals surface area contributed by atoms with Gasteiger partial charge in [0.2, 0.25) is 10.0 Å². The second-order valence-corrected chi connectivity index (χ2v) is 4.61. The maximum Gasteiger partial charge on any atom is 0.213 e. The van der Waals surface area contributed by atoms with E-state index in [2.05, 4.69) is 0 Å². The first-order valence-corrected chi connectivity index (χ1v) is 4.81. The fourth-order valence-corrected chi connectivity index (χ4v) is 2.06. The maximum atomic E-state index is 10.7.